The van der Waals surface area contributed by atoms with Crippen molar-refractivity contribution in [3.8, 4) is 11.5 Å². The Morgan fingerprint density at radius 2 is 1.71 bits per heavy atom. The molecule has 28 heavy (non-hydrogen) atoms. The lowest BCUT2D eigenvalue weighted by Crippen LogP contribution is -2.37. The molecular formula is C19H23ClN2O5S. The quantitative estimate of drug-likeness (QED) is 0.701. The highest BCUT2D eigenvalue weighted by molar-refractivity contribution is 7.88. The minimum atomic E-state index is -3.60. The number of anilines is 1. The number of carbonyl (C=O) groups is 1. The molecule has 7 nitrogen and oxygen atoms in total. The highest BCUT2D eigenvalue weighted by atomic mass is 35.5. The molecule has 0 bridgehead atoms. The first-order valence-corrected chi connectivity index (χ1v) is 10.6. The van der Waals surface area contributed by atoms with Crippen LogP contribution < -0.4 is 14.8 Å². The maximum Gasteiger partial charge on any atom is 0.239 e. The summed E-state index contributed by atoms with van der Waals surface area (Å²) in [4.78, 5) is 12.5. The van der Waals surface area contributed by atoms with Crippen molar-refractivity contribution in [1.82, 2.24) is 4.31 Å². The fourth-order valence-electron chi connectivity index (χ4n) is 2.50. The van der Waals surface area contributed by atoms with Crippen molar-refractivity contribution in [2.45, 2.75) is 13.5 Å². The van der Waals surface area contributed by atoms with E-state index in [9.17, 15) is 13.2 Å². The number of hydrogen-bond donors (Lipinski definition) is 1. The van der Waals surface area contributed by atoms with E-state index in [1.165, 1.54) is 26.4 Å². The number of rotatable bonds is 8. The third-order valence-corrected chi connectivity index (χ3v) is 5.51. The summed E-state index contributed by atoms with van der Waals surface area (Å²) in [5.41, 5.74) is 2.18. The average molecular weight is 427 g/mol. The lowest BCUT2D eigenvalue weighted by Gasteiger charge is -2.20. The Morgan fingerprint density at radius 1 is 1.11 bits per heavy atom. The van der Waals surface area contributed by atoms with Gasteiger partial charge in [-0.15, -0.1) is 0 Å². The van der Waals surface area contributed by atoms with E-state index in [0.29, 0.717) is 22.2 Å². The van der Waals surface area contributed by atoms with Crippen LogP contribution >= 0.6 is 11.6 Å². The molecule has 0 unspecified atom stereocenters. The number of methoxy groups -OCH3 is 2. The highest BCUT2D eigenvalue weighted by Gasteiger charge is 2.22. The summed E-state index contributed by atoms with van der Waals surface area (Å²) in [7, 11) is -0.711. The Kier molecular flexibility index (Phi) is 7.29. The molecule has 152 valence electrons. The van der Waals surface area contributed by atoms with Crippen LogP contribution in [0.4, 0.5) is 5.69 Å². The van der Waals surface area contributed by atoms with E-state index in [4.69, 9.17) is 21.1 Å². The van der Waals surface area contributed by atoms with Crippen molar-refractivity contribution in [3.63, 3.8) is 0 Å². The molecule has 0 spiro atoms. The van der Waals surface area contributed by atoms with Crippen LogP contribution in [-0.4, -0.2) is 45.7 Å². The van der Waals surface area contributed by atoms with Crippen LogP contribution in [0.2, 0.25) is 5.02 Å². The summed E-state index contributed by atoms with van der Waals surface area (Å²) < 4.78 is 35.8. The molecular weight excluding hydrogens is 404 g/mol. The Hall–Kier alpha value is -2.29. The molecule has 0 saturated carbocycles. The van der Waals surface area contributed by atoms with Gasteiger partial charge in [-0.3, -0.25) is 4.79 Å². The van der Waals surface area contributed by atoms with Gasteiger partial charge in [0.15, 0.2) is 0 Å². The van der Waals surface area contributed by atoms with Crippen molar-refractivity contribution >= 4 is 33.2 Å². The van der Waals surface area contributed by atoms with E-state index in [-0.39, 0.29) is 13.1 Å². The van der Waals surface area contributed by atoms with Gasteiger partial charge in [0.05, 0.1) is 37.7 Å². The molecule has 0 aromatic heterocycles. The Bertz CT molecular complexity index is 946. The standard InChI is InChI=1S/C19H23ClN2O5S/c1-13-5-7-14(8-6-13)11-22(28(4,24)25)12-19(23)21-16-10-17(26-2)15(20)9-18(16)27-3/h5-10H,11-12H2,1-4H3,(H,21,23). The van der Waals surface area contributed by atoms with Gasteiger partial charge in [0.25, 0.3) is 0 Å². The van der Waals surface area contributed by atoms with Crippen LogP contribution in [0.1, 0.15) is 11.1 Å². The van der Waals surface area contributed by atoms with E-state index in [0.717, 1.165) is 21.7 Å². The van der Waals surface area contributed by atoms with Gasteiger partial charge in [0, 0.05) is 18.7 Å². The smallest absolute Gasteiger partial charge is 0.239 e. The monoisotopic (exact) mass is 426 g/mol. The molecule has 0 aliphatic heterocycles. The van der Waals surface area contributed by atoms with Crippen LogP contribution in [0.5, 0.6) is 11.5 Å². The maximum atomic E-state index is 12.5. The summed E-state index contributed by atoms with van der Waals surface area (Å²) >= 11 is 6.06. The second kappa shape index (κ2) is 9.27. The molecule has 1 N–H and O–H groups in total. The molecule has 9 heteroatoms. The van der Waals surface area contributed by atoms with Crippen molar-refractivity contribution in [3.05, 3.63) is 52.5 Å². The average Bonchev–Trinajstić information content (AvgIpc) is 2.63. The van der Waals surface area contributed by atoms with Crippen molar-refractivity contribution in [2.75, 3.05) is 32.3 Å². The van der Waals surface area contributed by atoms with Crippen LogP contribution in [0, 0.1) is 6.92 Å². The SMILES string of the molecule is COc1cc(NC(=O)CN(Cc2ccc(C)cc2)S(C)(=O)=O)c(OC)cc1Cl. The van der Waals surface area contributed by atoms with Gasteiger partial charge in [-0.2, -0.15) is 4.31 Å². The van der Waals surface area contributed by atoms with Gasteiger partial charge in [0.1, 0.15) is 11.5 Å². The largest absolute Gasteiger partial charge is 0.495 e. The van der Waals surface area contributed by atoms with Crippen LogP contribution in [0.25, 0.3) is 0 Å². The first-order valence-electron chi connectivity index (χ1n) is 8.36. The number of amides is 1. The molecule has 2 aromatic carbocycles. The van der Waals surface area contributed by atoms with E-state index in [2.05, 4.69) is 5.32 Å². The summed E-state index contributed by atoms with van der Waals surface area (Å²) in [6, 6.07) is 10.5. The molecule has 0 fully saturated rings. The summed E-state index contributed by atoms with van der Waals surface area (Å²) in [6.07, 6.45) is 1.07. The van der Waals surface area contributed by atoms with Crippen LogP contribution in [0.3, 0.4) is 0 Å². The Balaban J connectivity index is 2.19. The molecule has 0 atom stereocenters. The maximum absolute atomic E-state index is 12.5. The van der Waals surface area contributed by atoms with E-state index in [1.807, 2.05) is 31.2 Å². The highest BCUT2D eigenvalue weighted by Crippen LogP contribution is 2.35. The summed E-state index contributed by atoms with van der Waals surface area (Å²) in [5, 5.41) is 2.98. The number of halogens is 1. The molecule has 2 aromatic rings. The molecule has 0 aliphatic rings. The first kappa shape index (κ1) is 22.0. The van der Waals surface area contributed by atoms with Crippen molar-refractivity contribution < 1.29 is 22.7 Å². The minimum Gasteiger partial charge on any atom is -0.495 e. The number of aryl methyl sites for hydroxylation is 1. The van der Waals surface area contributed by atoms with Crippen LogP contribution in [0.15, 0.2) is 36.4 Å². The van der Waals surface area contributed by atoms with Gasteiger partial charge >= 0.3 is 0 Å². The van der Waals surface area contributed by atoms with Gasteiger partial charge < -0.3 is 14.8 Å². The Morgan fingerprint density at radius 3 is 2.25 bits per heavy atom. The van der Waals surface area contributed by atoms with E-state index >= 15 is 0 Å². The van der Waals surface area contributed by atoms with Gasteiger partial charge in [-0.1, -0.05) is 41.4 Å². The lowest BCUT2D eigenvalue weighted by atomic mass is 10.1. The Labute approximate surface area is 170 Å². The number of carbonyl (C=O) groups excluding carboxylic acids is 1. The molecule has 0 aliphatic carbocycles. The molecule has 0 radical (unpaired) electrons. The zero-order valence-corrected chi connectivity index (χ0v) is 17.7. The lowest BCUT2D eigenvalue weighted by molar-refractivity contribution is -0.116. The fraction of sp³-hybridized carbons (Fsp3) is 0.316. The normalized spacial score (nSPS) is 11.4. The second-order valence-electron chi connectivity index (χ2n) is 6.25. The summed E-state index contributed by atoms with van der Waals surface area (Å²) in [5.74, 6) is 0.182. The molecule has 2 rings (SSSR count). The zero-order chi connectivity index (χ0) is 20.9. The fourth-order valence-corrected chi connectivity index (χ4v) is 3.46. The molecule has 1 amide bonds. The van der Waals surface area contributed by atoms with Gasteiger partial charge in [-0.25, -0.2) is 8.42 Å². The molecule has 0 saturated heterocycles. The predicted octanol–water partition coefficient (Wildman–Crippen LogP) is 3.07. The number of nitrogens with one attached hydrogen (secondary N) is 1. The minimum absolute atomic E-state index is 0.0909. The van der Waals surface area contributed by atoms with E-state index < -0.39 is 15.9 Å². The van der Waals surface area contributed by atoms with Crippen molar-refractivity contribution in [2.24, 2.45) is 0 Å². The number of ether oxygens (including phenoxy) is 2. The zero-order valence-electron chi connectivity index (χ0n) is 16.2. The number of sulfonamides is 1. The third kappa shape index (κ3) is 5.85. The summed E-state index contributed by atoms with van der Waals surface area (Å²) in [6.45, 7) is 1.69. The molecule has 0 heterocycles. The van der Waals surface area contributed by atoms with E-state index in [1.54, 1.807) is 0 Å². The topological polar surface area (TPSA) is 84.9 Å². The van der Waals surface area contributed by atoms with Gasteiger partial charge in [-0.05, 0) is 12.5 Å². The number of nitrogens with zero attached hydrogens (tertiary/aromatic N) is 1. The first-order chi connectivity index (χ1) is 13.1. The third-order valence-electron chi connectivity index (χ3n) is 4.02. The second-order valence-corrected chi connectivity index (χ2v) is 8.64. The van der Waals surface area contributed by atoms with Gasteiger partial charge in [0.2, 0.25) is 15.9 Å². The van der Waals surface area contributed by atoms with Crippen molar-refractivity contribution in [1.29, 1.82) is 0 Å². The van der Waals surface area contributed by atoms with Crippen LogP contribution in [-0.2, 0) is 21.4 Å². The number of hydrogen-bond acceptors (Lipinski definition) is 5. The predicted molar refractivity (Wildman–Crippen MR) is 110 cm³/mol. The number of benzene rings is 2.